The van der Waals surface area contributed by atoms with Crippen LogP contribution in [0.2, 0.25) is 6.32 Å². The Kier molecular flexibility index (Phi) is 5.19. The van der Waals surface area contributed by atoms with E-state index in [-0.39, 0.29) is 49.3 Å². The highest BCUT2D eigenvalue weighted by Gasteiger charge is 2.37. The first-order chi connectivity index (χ1) is 13.1. The Morgan fingerprint density at radius 2 is 2.00 bits per heavy atom. The minimum Gasteiger partial charge on any atom is -0.669 e. The number of primary amides is 1. The third-order valence-electron chi connectivity index (χ3n) is 4.70. The predicted octanol–water partition coefficient (Wildman–Crippen LogP) is -1.96. The van der Waals surface area contributed by atoms with E-state index in [2.05, 4.69) is 0 Å². The van der Waals surface area contributed by atoms with Gasteiger partial charge in [0, 0.05) is 0 Å². The lowest BCUT2D eigenvalue weighted by Gasteiger charge is -2.41. The number of nitrogens with two attached hydrogens (primary N) is 2. The third-order valence-corrected chi connectivity index (χ3v) is 4.70. The lowest BCUT2D eigenvalue weighted by Crippen LogP contribution is -2.60. The highest BCUT2D eigenvalue weighted by atomic mass is 16.6. The summed E-state index contributed by atoms with van der Waals surface area (Å²) in [6, 6.07) is 2.05. The number of amides is 2. The fourth-order valence-electron chi connectivity index (χ4n) is 3.24. The highest BCUT2D eigenvalue weighted by molar-refractivity contribution is 6.59. The molecule has 12 heteroatoms. The number of rotatable bonds is 6. The SMILES string of the molecule is NC(=O)C[C@H](N)C(=O)N1CC(Oc2ccc3c(c2C(=O)O)O[B-](O)(O)CC3)C1. The van der Waals surface area contributed by atoms with Gasteiger partial charge in [-0.25, -0.2) is 4.79 Å². The maximum atomic E-state index is 12.1. The smallest absolute Gasteiger partial charge is 0.430 e. The summed E-state index contributed by atoms with van der Waals surface area (Å²) in [5.41, 5.74) is 10.9. The van der Waals surface area contributed by atoms with E-state index in [1.54, 1.807) is 6.07 Å². The van der Waals surface area contributed by atoms with Crippen LogP contribution in [0.3, 0.4) is 0 Å². The number of carbonyl (C=O) groups excluding carboxylic acids is 2. The average Bonchev–Trinajstić information content (AvgIpc) is 2.54. The van der Waals surface area contributed by atoms with Crippen LogP contribution < -0.4 is 20.9 Å². The molecule has 1 atom stereocenters. The van der Waals surface area contributed by atoms with Crippen molar-refractivity contribution in [1.82, 2.24) is 4.90 Å². The minimum absolute atomic E-state index is 0.00159. The van der Waals surface area contributed by atoms with Crippen molar-refractivity contribution in [2.45, 2.75) is 31.3 Å². The third kappa shape index (κ3) is 4.03. The molecule has 7 N–H and O–H groups in total. The van der Waals surface area contributed by atoms with Crippen molar-refractivity contribution in [2.24, 2.45) is 11.5 Å². The van der Waals surface area contributed by atoms with E-state index in [9.17, 15) is 29.5 Å². The molecule has 0 radical (unpaired) electrons. The topological polar surface area (TPSA) is 186 Å². The van der Waals surface area contributed by atoms with Crippen molar-refractivity contribution in [3.8, 4) is 11.5 Å². The van der Waals surface area contributed by atoms with Crippen LogP contribution in [0.25, 0.3) is 0 Å². The van der Waals surface area contributed by atoms with Crippen LogP contribution in [-0.4, -0.2) is 69.8 Å². The molecule has 3 rings (SSSR count). The second-order valence-corrected chi connectivity index (χ2v) is 7.01. The molecule has 0 bridgehead atoms. The number of carbonyl (C=O) groups is 3. The van der Waals surface area contributed by atoms with Gasteiger partial charge >= 0.3 is 12.7 Å². The molecule has 1 aromatic rings. The number of aromatic carboxylic acids is 1. The van der Waals surface area contributed by atoms with Gasteiger partial charge in [0.15, 0.2) is 0 Å². The quantitative estimate of drug-likeness (QED) is 0.341. The summed E-state index contributed by atoms with van der Waals surface area (Å²) in [6.45, 7) is -2.80. The number of ether oxygens (including phenoxy) is 1. The van der Waals surface area contributed by atoms with Gasteiger partial charge in [-0.3, -0.25) is 9.59 Å². The van der Waals surface area contributed by atoms with Crippen LogP contribution in [0.5, 0.6) is 11.5 Å². The number of hydrogen-bond acceptors (Lipinski definition) is 8. The van der Waals surface area contributed by atoms with Crippen molar-refractivity contribution in [1.29, 1.82) is 0 Å². The van der Waals surface area contributed by atoms with Crippen molar-refractivity contribution >= 4 is 24.5 Å². The molecular formula is C16H21BN3O8-. The second kappa shape index (κ2) is 7.30. The zero-order valence-corrected chi connectivity index (χ0v) is 14.9. The van der Waals surface area contributed by atoms with E-state index in [0.717, 1.165) is 0 Å². The van der Waals surface area contributed by atoms with E-state index in [4.69, 9.17) is 20.9 Å². The van der Waals surface area contributed by atoms with Crippen LogP contribution in [0, 0.1) is 0 Å². The van der Waals surface area contributed by atoms with E-state index in [1.807, 2.05) is 0 Å². The van der Waals surface area contributed by atoms with Crippen molar-refractivity contribution < 1.29 is 38.9 Å². The Bertz CT molecular complexity index is 824. The number of aryl methyl sites for hydroxylation is 1. The number of benzene rings is 1. The Morgan fingerprint density at radius 3 is 2.61 bits per heavy atom. The van der Waals surface area contributed by atoms with E-state index < -0.39 is 36.7 Å². The molecule has 0 saturated carbocycles. The molecule has 0 aromatic heterocycles. The average molecular weight is 394 g/mol. The van der Waals surface area contributed by atoms with Gasteiger partial charge in [-0.2, -0.15) is 0 Å². The summed E-state index contributed by atoms with van der Waals surface area (Å²) in [6.07, 6.45) is -0.523. The predicted molar refractivity (Wildman–Crippen MR) is 95.5 cm³/mol. The molecule has 0 aliphatic carbocycles. The summed E-state index contributed by atoms with van der Waals surface area (Å²) >= 11 is 0. The first-order valence-corrected chi connectivity index (χ1v) is 8.75. The summed E-state index contributed by atoms with van der Waals surface area (Å²) in [5, 5.41) is 29.0. The number of carboxylic acid groups (broad SMARTS) is 1. The summed E-state index contributed by atoms with van der Waals surface area (Å²) in [5.74, 6) is -2.59. The van der Waals surface area contributed by atoms with Crippen LogP contribution in [0.1, 0.15) is 22.3 Å². The standard InChI is InChI=1S/C16H21BN3O8/c18-10(5-12(19)21)15(22)20-6-9(7-20)27-11-2-1-8-3-4-17(25,26)28-14(8)13(11)16(23)24/h1-2,9-10,25-26H,3-7,18H2,(H2,19,21)(H,23,24)/q-1/t10-/m0/s1. The monoisotopic (exact) mass is 394 g/mol. The normalized spacial score (nSPS) is 19.0. The van der Waals surface area contributed by atoms with E-state index in [1.165, 1.54) is 11.0 Å². The molecule has 1 fully saturated rings. The molecule has 2 amide bonds. The van der Waals surface area contributed by atoms with Gasteiger partial charge in [0.25, 0.3) is 0 Å². The Balaban J connectivity index is 1.70. The fraction of sp³-hybridized carbons (Fsp3) is 0.438. The summed E-state index contributed by atoms with van der Waals surface area (Å²) in [7, 11) is 0. The first-order valence-electron chi connectivity index (χ1n) is 8.75. The van der Waals surface area contributed by atoms with E-state index in [0.29, 0.717) is 5.56 Å². The molecule has 2 heterocycles. The Labute approximate surface area is 159 Å². The molecule has 0 spiro atoms. The zero-order valence-electron chi connectivity index (χ0n) is 14.9. The van der Waals surface area contributed by atoms with Crippen LogP contribution in [0.4, 0.5) is 0 Å². The van der Waals surface area contributed by atoms with Gasteiger partial charge in [0.2, 0.25) is 11.8 Å². The van der Waals surface area contributed by atoms with Crippen LogP contribution in [-0.2, 0) is 16.0 Å². The first kappa shape index (κ1) is 19.9. The minimum atomic E-state index is -3.13. The van der Waals surface area contributed by atoms with E-state index >= 15 is 0 Å². The number of carboxylic acids is 1. The summed E-state index contributed by atoms with van der Waals surface area (Å²) < 4.78 is 10.8. The molecule has 0 unspecified atom stereocenters. The Morgan fingerprint density at radius 1 is 1.32 bits per heavy atom. The number of likely N-dealkylation sites (tertiary alicyclic amines) is 1. The van der Waals surface area contributed by atoms with Gasteiger partial charge in [0.1, 0.15) is 17.4 Å². The number of nitrogens with zero attached hydrogens (tertiary/aromatic N) is 1. The molecule has 152 valence electrons. The molecule has 2 aliphatic heterocycles. The largest absolute Gasteiger partial charge is 0.669 e. The second-order valence-electron chi connectivity index (χ2n) is 7.01. The summed E-state index contributed by atoms with van der Waals surface area (Å²) in [4.78, 5) is 36.0. The van der Waals surface area contributed by atoms with Gasteiger partial charge in [-0.05, 0) is 18.1 Å². The molecule has 1 saturated heterocycles. The van der Waals surface area contributed by atoms with Gasteiger partial charge < -0.3 is 40.9 Å². The van der Waals surface area contributed by atoms with Gasteiger partial charge in [-0.15, -0.1) is 0 Å². The van der Waals surface area contributed by atoms with Crippen molar-refractivity contribution in [2.75, 3.05) is 13.1 Å². The lowest BCUT2D eigenvalue weighted by atomic mass is 9.70. The highest BCUT2D eigenvalue weighted by Crippen LogP contribution is 2.38. The molecule has 2 aliphatic rings. The van der Waals surface area contributed by atoms with Crippen LogP contribution in [0.15, 0.2) is 12.1 Å². The van der Waals surface area contributed by atoms with Gasteiger partial charge in [-0.1, -0.05) is 12.4 Å². The maximum Gasteiger partial charge on any atom is 0.430 e. The fourth-order valence-corrected chi connectivity index (χ4v) is 3.24. The lowest BCUT2D eigenvalue weighted by molar-refractivity contribution is -0.142. The zero-order chi connectivity index (χ0) is 20.6. The van der Waals surface area contributed by atoms with Crippen molar-refractivity contribution in [3.05, 3.63) is 23.3 Å². The van der Waals surface area contributed by atoms with Crippen molar-refractivity contribution in [3.63, 3.8) is 0 Å². The molecule has 11 nitrogen and oxygen atoms in total. The molecule has 1 aromatic carbocycles. The maximum absolute atomic E-state index is 12.1. The molecular weight excluding hydrogens is 373 g/mol. The number of fused-ring (bicyclic) bond motifs is 1. The number of hydrogen-bond donors (Lipinski definition) is 5. The Hall–Kier alpha value is -2.83. The van der Waals surface area contributed by atoms with Crippen LogP contribution >= 0.6 is 0 Å². The van der Waals surface area contributed by atoms with Gasteiger partial charge in [0.05, 0.1) is 31.3 Å². The molecule has 28 heavy (non-hydrogen) atoms.